The number of furan rings is 1. The Bertz CT molecular complexity index is 1120. The fourth-order valence-electron chi connectivity index (χ4n) is 3.60. The molecular weight excluding hydrogens is 408 g/mol. The molecule has 1 aliphatic carbocycles. The van der Waals surface area contributed by atoms with Crippen molar-refractivity contribution in [2.75, 3.05) is 7.05 Å². The zero-order chi connectivity index (χ0) is 20.4. The van der Waals surface area contributed by atoms with Gasteiger partial charge < -0.3 is 9.73 Å². The first-order valence-electron chi connectivity index (χ1n) is 9.47. The van der Waals surface area contributed by atoms with Crippen LogP contribution in [0.15, 0.2) is 57.4 Å². The van der Waals surface area contributed by atoms with Gasteiger partial charge in [0.25, 0.3) is 15.9 Å². The monoisotopic (exact) mass is 430 g/mol. The quantitative estimate of drug-likeness (QED) is 0.625. The van der Waals surface area contributed by atoms with Crippen LogP contribution in [0.1, 0.15) is 51.0 Å². The first-order valence-corrected chi connectivity index (χ1v) is 11.8. The maximum atomic E-state index is 12.8. The molecule has 1 unspecified atom stereocenters. The van der Waals surface area contributed by atoms with Gasteiger partial charge in [-0.25, -0.2) is 13.1 Å². The minimum atomic E-state index is -3.74. The molecule has 1 amide bonds. The maximum Gasteiger partial charge on any atom is 0.287 e. The van der Waals surface area contributed by atoms with E-state index in [2.05, 4.69) is 28.2 Å². The van der Waals surface area contributed by atoms with E-state index in [1.165, 1.54) is 43.1 Å². The van der Waals surface area contributed by atoms with E-state index in [0.717, 1.165) is 23.3 Å². The average molecular weight is 431 g/mol. The molecule has 4 rings (SSSR count). The Hall–Kier alpha value is -2.42. The van der Waals surface area contributed by atoms with Gasteiger partial charge >= 0.3 is 0 Å². The molecular formula is C21H22N2O4S2. The lowest BCUT2D eigenvalue weighted by atomic mass is 9.89. The second-order valence-corrected chi connectivity index (χ2v) is 9.78. The molecule has 0 fully saturated rings. The Morgan fingerprint density at radius 2 is 1.90 bits per heavy atom. The van der Waals surface area contributed by atoms with Crippen LogP contribution >= 0.6 is 11.3 Å². The smallest absolute Gasteiger partial charge is 0.287 e. The Kier molecular flexibility index (Phi) is 5.58. The first kappa shape index (κ1) is 19.9. The molecule has 29 heavy (non-hydrogen) atoms. The van der Waals surface area contributed by atoms with Crippen LogP contribution in [0, 0.1) is 0 Å². The third-order valence-corrected chi connectivity index (χ3v) is 7.37. The second kappa shape index (κ2) is 8.14. The number of thiophene rings is 1. The highest BCUT2D eigenvalue weighted by molar-refractivity contribution is 7.89. The van der Waals surface area contributed by atoms with Crippen LogP contribution in [0.25, 0.3) is 0 Å². The number of benzene rings is 1. The van der Waals surface area contributed by atoms with Crippen molar-refractivity contribution in [2.24, 2.45) is 0 Å². The molecule has 0 radical (unpaired) electrons. The first-order chi connectivity index (χ1) is 14.0. The van der Waals surface area contributed by atoms with Crippen LogP contribution in [0.4, 0.5) is 0 Å². The van der Waals surface area contributed by atoms with E-state index in [0.29, 0.717) is 0 Å². The van der Waals surface area contributed by atoms with Gasteiger partial charge in [-0.05, 0) is 73.0 Å². The number of sulfonamides is 1. The Morgan fingerprint density at radius 3 is 2.62 bits per heavy atom. The number of hydrogen-bond acceptors (Lipinski definition) is 5. The summed E-state index contributed by atoms with van der Waals surface area (Å²) in [7, 11) is -2.45. The molecule has 152 valence electrons. The van der Waals surface area contributed by atoms with Gasteiger partial charge in [0, 0.05) is 4.88 Å². The summed E-state index contributed by atoms with van der Waals surface area (Å²) >= 11 is 1.56. The maximum absolute atomic E-state index is 12.8. The van der Waals surface area contributed by atoms with Crippen molar-refractivity contribution in [3.63, 3.8) is 0 Å². The van der Waals surface area contributed by atoms with E-state index in [1.807, 2.05) is 17.5 Å². The largest absolute Gasteiger partial charge is 0.438 e. The standard InChI is InChI=1S/C21H22N2O4S2/c1-22-29(25,26)19-11-10-17(27-19)21(24)23-20(18-7-4-12-28-18)16-9-8-14-5-2-3-6-15(14)13-16/h4,7-13,20,22H,2-3,5-6H2,1H3,(H,23,24). The molecule has 2 aromatic heterocycles. The number of carbonyl (C=O) groups is 1. The number of rotatable bonds is 6. The predicted octanol–water partition coefficient (Wildman–Crippen LogP) is 3.65. The van der Waals surface area contributed by atoms with Gasteiger partial charge in [0.1, 0.15) is 0 Å². The van der Waals surface area contributed by atoms with Crippen molar-refractivity contribution in [1.82, 2.24) is 10.0 Å². The summed E-state index contributed by atoms with van der Waals surface area (Å²) in [6.07, 6.45) is 4.55. The summed E-state index contributed by atoms with van der Waals surface area (Å²) in [6, 6.07) is 12.6. The van der Waals surface area contributed by atoms with Gasteiger partial charge in [0.05, 0.1) is 6.04 Å². The number of nitrogens with one attached hydrogen (secondary N) is 2. The van der Waals surface area contributed by atoms with E-state index < -0.39 is 15.9 Å². The van der Waals surface area contributed by atoms with Crippen molar-refractivity contribution >= 4 is 27.3 Å². The summed E-state index contributed by atoms with van der Waals surface area (Å²) in [5.74, 6) is -0.503. The van der Waals surface area contributed by atoms with Crippen molar-refractivity contribution in [3.05, 3.63) is 75.2 Å². The van der Waals surface area contributed by atoms with E-state index >= 15 is 0 Å². The van der Waals surface area contributed by atoms with E-state index in [9.17, 15) is 13.2 Å². The van der Waals surface area contributed by atoms with Crippen LogP contribution in [0.5, 0.6) is 0 Å². The number of amides is 1. The summed E-state index contributed by atoms with van der Waals surface area (Å²) in [4.78, 5) is 13.8. The van der Waals surface area contributed by atoms with Gasteiger partial charge in [0.2, 0.25) is 5.09 Å². The normalized spacial score (nSPS) is 14.9. The third-order valence-electron chi connectivity index (χ3n) is 5.15. The Labute approximate surface area is 174 Å². The Balaban J connectivity index is 1.63. The zero-order valence-corrected chi connectivity index (χ0v) is 17.6. The Morgan fingerprint density at radius 1 is 1.10 bits per heavy atom. The fraction of sp³-hybridized carbons (Fsp3) is 0.286. The molecule has 0 saturated carbocycles. The summed E-state index contributed by atoms with van der Waals surface area (Å²) in [5.41, 5.74) is 3.73. The molecule has 0 bridgehead atoms. The van der Waals surface area contributed by atoms with Crippen LogP contribution in [-0.2, 0) is 22.9 Å². The van der Waals surface area contributed by atoms with Crippen LogP contribution < -0.4 is 10.0 Å². The van der Waals surface area contributed by atoms with Gasteiger partial charge in [-0.1, -0.05) is 24.3 Å². The third kappa shape index (κ3) is 4.14. The topological polar surface area (TPSA) is 88.4 Å². The van der Waals surface area contributed by atoms with E-state index in [-0.39, 0.29) is 16.9 Å². The van der Waals surface area contributed by atoms with Gasteiger partial charge in [-0.2, -0.15) is 0 Å². The highest BCUT2D eigenvalue weighted by atomic mass is 32.2. The molecule has 1 atom stereocenters. The molecule has 2 N–H and O–H groups in total. The second-order valence-electron chi connectivity index (χ2n) is 6.98. The molecule has 6 nitrogen and oxygen atoms in total. The molecule has 2 heterocycles. The minimum absolute atomic E-state index is 0.0432. The molecule has 0 saturated heterocycles. The van der Waals surface area contributed by atoms with Crippen molar-refractivity contribution in [2.45, 2.75) is 36.8 Å². The summed E-state index contributed by atoms with van der Waals surface area (Å²) in [5, 5.41) is 4.69. The number of aryl methyl sites for hydroxylation is 2. The lowest BCUT2D eigenvalue weighted by molar-refractivity contribution is 0.0910. The van der Waals surface area contributed by atoms with Crippen LogP contribution in [-0.4, -0.2) is 21.4 Å². The lowest BCUT2D eigenvalue weighted by Crippen LogP contribution is -2.28. The molecule has 0 aliphatic heterocycles. The minimum Gasteiger partial charge on any atom is -0.438 e. The van der Waals surface area contributed by atoms with Crippen molar-refractivity contribution in [3.8, 4) is 0 Å². The number of hydrogen-bond donors (Lipinski definition) is 2. The van der Waals surface area contributed by atoms with Gasteiger partial charge in [-0.15, -0.1) is 11.3 Å². The molecule has 0 spiro atoms. The van der Waals surface area contributed by atoms with Crippen molar-refractivity contribution < 1.29 is 17.6 Å². The summed E-state index contributed by atoms with van der Waals surface area (Å²) in [6.45, 7) is 0. The van der Waals surface area contributed by atoms with Crippen LogP contribution in [0.2, 0.25) is 0 Å². The number of carbonyl (C=O) groups excluding carboxylic acids is 1. The van der Waals surface area contributed by atoms with Gasteiger partial charge in [-0.3, -0.25) is 4.79 Å². The fourth-order valence-corrected chi connectivity index (χ4v) is 5.05. The molecule has 8 heteroatoms. The highest BCUT2D eigenvalue weighted by Crippen LogP contribution is 2.30. The van der Waals surface area contributed by atoms with E-state index in [4.69, 9.17) is 4.42 Å². The molecule has 3 aromatic rings. The number of fused-ring (bicyclic) bond motifs is 1. The van der Waals surface area contributed by atoms with Crippen molar-refractivity contribution in [1.29, 1.82) is 0 Å². The predicted molar refractivity (Wildman–Crippen MR) is 112 cm³/mol. The highest BCUT2D eigenvalue weighted by Gasteiger charge is 2.24. The molecule has 1 aliphatic rings. The SMILES string of the molecule is CNS(=O)(=O)c1ccc(C(=O)NC(c2ccc3c(c2)CCCC3)c2cccs2)o1. The zero-order valence-electron chi connectivity index (χ0n) is 16.0. The molecule has 1 aromatic carbocycles. The van der Waals surface area contributed by atoms with E-state index in [1.54, 1.807) is 11.3 Å². The summed E-state index contributed by atoms with van der Waals surface area (Å²) < 4.78 is 31.2. The lowest BCUT2D eigenvalue weighted by Gasteiger charge is -2.21. The van der Waals surface area contributed by atoms with Crippen LogP contribution in [0.3, 0.4) is 0 Å². The van der Waals surface area contributed by atoms with Gasteiger partial charge in [0.15, 0.2) is 5.76 Å². The average Bonchev–Trinajstić information content (AvgIpc) is 3.44.